The number of hydrogen-bond donors (Lipinski definition) is 1. The van der Waals surface area contributed by atoms with Crippen LogP contribution in [0.2, 0.25) is 0 Å². The van der Waals surface area contributed by atoms with E-state index in [2.05, 4.69) is 0 Å². The van der Waals surface area contributed by atoms with Gasteiger partial charge in [-0.1, -0.05) is 30.3 Å². The lowest BCUT2D eigenvalue weighted by Crippen LogP contribution is -2.49. The number of likely N-dealkylation sites (tertiary alicyclic amines) is 1. The van der Waals surface area contributed by atoms with Crippen LogP contribution in [0.4, 0.5) is 0 Å². The van der Waals surface area contributed by atoms with Crippen LogP contribution in [0.1, 0.15) is 37.7 Å². The van der Waals surface area contributed by atoms with E-state index in [9.17, 15) is 4.79 Å². The molecule has 5 heteroatoms. The quantitative estimate of drug-likeness (QED) is 0.857. The third-order valence-corrected chi connectivity index (χ3v) is 5.16. The molecule has 0 aliphatic carbocycles. The van der Waals surface area contributed by atoms with Crippen molar-refractivity contribution < 1.29 is 14.3 Å². The van der Waals surface area contributed by atoms with Gasteiger partial charge >= 0.3 is 0 Å². The Labute approximate surface area is 150 Å². The molecule has 2 N–H and O–H groups in total. The van der Waals surface area contributed by atoms with E-state index in [0.717, 1.165) is 44.5 Å². The maximum Gasteiger partial charge on any atom is 0.239 e. The molecular weight excluding hydrogens is 316 g/mol. The molecule has 2 atom stereocenters. The highest BCUT2D eigenvalue weighted by atomic mass is 16.5. The van der Waals surface area contributed by atoms with E-state index in [1.165, 1.54) is 12.8 Å². The molecule has 0 aromatic heterocycles. The summed E-state index contributed by atoms with van der Waals surface area (Å²) in [5, 5.41) is 0. The van der Waals surface area contributed by atoms with E-state index in [1.807, 2.05) is 35.2 Å². The maximum atomic E-state index is 12.6. The van der Waals surface area contributed by atoms with Gasteiger partial charge in [0.1, 0.15) is 0 Å². The van der Waals surface area contributed by atoms with E-state index in [1.54, 1.807) is 0 Å². The van der Waals surface area contributed by atoms with Gasteiger partial charge in [0.15, 0.2) is 0 Å². The van der Waals surface area contributed by atoms with E-state index in [4.69, 9.17) is 15.2 Å². The van der Waals surface area contributed by atoms with Gasteiger partial charge in [0.25, 0.3) is 0 Å². The molecule has 2 heterocycles. The highest BCUT2D eigenvalue weighted by Crippen LogP contribution is 2.18. The number of rotatable bonds is 6. The Balaban J connectivity index is 1.38. The van der Waals surface area contributed by atoms with Crippen LogP contribution in [-0.2, 0) is 20.7 Å². The zero-order chi connectivity index (χ0) is 17.5. The lowest BCUT2D eigenvalue weighted by atomic mass is 10.0. The van der Waals surface area contributed by atoms with Gasteiger partial charge < -0.3 is 20.1 Å². The van der Waals surface area contributed by atoms with Crippen LogP contribution in [0.5, 0.6) is 0 Å². The molecular formula is C20H30N2O3. The fourth-order valence-electron chi connectivity index (χ4n) is 3.61. The number of ether oxygens (including phenoxy) is 2. The predicted octanol–water partition coefficient (Wildman–Crippen LogP) is 2.13. The Morgan fingerprint density at radius 1 is 1.20 bits per heavy atom. The fraction of sp³-hybridized carbons (Fsp3) is 0.650. The summed E-state index contributed by atoms with van der Waals surface area (Å²) < 4.78 is 11.7. The number of piperidine rings is 1. The summed E-state index contributed by atoms with van der Waals surface area (Å²) >= 11 is 0. The topological polar surface area (TPSA) is 64.8 Å². The molecule has 0 radical (unpaired) electrons. The Morgan fingerprint density at radius 2 is 1.96 bits per heavy atom. The second kappa shape index (κ2) is 9.32. The molecule has 0 saturated carbocycles. The van der Waals surface area contributed by atoms with E-state index >= 15 is 0 Å². The zero-order valence-electron chi connectivity index (χ0n) is 14.9. The number of hydrogen-bond acceptors (Lipinski definition) is 4. The summed E-state index contributed by atoms with van der Waals surface area (Å²) in [5.74, 6) is 0.0536. The fourth-order valence-corrected chi connectivity index (χ4v) is 3.61. The minimum atomic E-state index is -0.462. The average Bonchev–Trinajstić information content (AvgIpc) is 2.68. The second-order valence-electron chi connectivity index (χ2n) is 7.14. The van der Waals surface area contributed by atoms with Crippen LogP contribution in [0.25, 0.3) is 0 Å². The highest BCUT2D eigenvalue weighted by Gasteiger charge is 2.27. The normalized spacial score (nSPS) is 23.4. The first kappa shape index (κ1) is 18.4. The summed E-state index contributed by atoms with van der Waals surface area (Å²) in [7, 11) is 0. The number of carbonyl (C=O) groups excluding carboxylic acids is 1. The van der Waals surface area contributed by atoms with Crippen LogP contribution < -0.4 is 5.73 Å². The standard InChI is InChI=1S/C20H30N2O3/c21-19(14-16-6-2-1-3-7-16)20(23)22-11-9-17(10-12-22)25-15-18-8-4-5-13-24-18/h1-3,6-7,17-19H,4-5,8-15,21H2/t18-,19-/m1/s1. The van der Waals surface area contributed by atoms with Crippen molar-refractivity contribution in [3.05, 3.63) is 35.9 Å². The van der Waals surface area contributed by atoms with E-state index in [-0.39, 0.29) is 18.1 Å². The van der Waals surface area contributed by atoms with Crippen molar-refractivity contribution in [3.8, 4) is 0 Å². The monoisotopic (exact) mass is 346 g/mol. The number of nitrogens with zero attached hydrogens (tertiary/aromatic N) is 1. The maximum absolute atomic E-state index is 12.6. The Bertz CT molecular complexity index is 523. The van der Waals surface area contributed by atoms with Crippen molar-refractivity contribution in [1.82, 2.24) is 4.90 Å². The summed E-state index contributed by atoms with van der Waals surface area (Å²) in [6, 6.07) is 9.49. The Kier molecular flexibility index (Phi) is 6.84. The molecule has 0 unspecified atom stereocenters. The smallest absolute Gasteiger partial charge is 0.239 e. The molecule has 138 valence electrons. The zero-order valence-corrected chi connectivity index (χ0v) is 14.9. The molecule has 2 aliphatic rings. The number of nitrogens with two attached hydrogens (primary N) is 1. The third kappa shape index (κ3) is 5.53. The van der Waals surface area contributed by atoms with Crippen molar-refractivity contribution in [2.24, 2.45) is 5.73 Å². The average molecular weight is 346 g/mol. The second-order valence-corrected chi connectivity index (χ2v) is 7.14. The largest absolute Gasteiger partial charge is 0.376 e. The molecule has 2 fully saturated rings. The summed E-state index contributed by atoms with van der Waals surface area (Å²) in [6.45, 7) is 3.02. The van der Waals surface area contributed by atoms with Crippen molar-refractivity contribution >= 4 is 5.91 Å². The number of carbonyl (C=O) groups is 1. The minimum absolute atomic E-state index is 0.0536. The molecule has 0 spiro atoms. The van der Waals surface area contributed by atoms with E-state index < -0.39 is 6.04 Å². The van der Waals surface area contributed by atoms with E-state index in [0.29, 0.717) is 13.0 Å². The summed E-state index contributed by atoms with van der Waals surface area (Å²) in [4.78, 5) is 14.4. The van der Waals surface area contributed by atoms with Gasteiger partial charge in [-0.2, -0.15) is 0 Å². The molecule has 3 rings (SSSR count). The Morgan fingerprint density at radius 3 is 2.64 bits per heavy atom. The van der Waals surface area contributed by atoms with Gasteiger partial charge in [-0.25, -0.2) is 0 Å². The van der Waals surface area contributed by atoms with Crippen molar-refractivity contribution in [2.45, 2.75) is 56.8 Å². The minimum Gasteiger partial charge on any atom is -0.376 e. The molecule has 5 nitrogen and oxygen atoms in total. The third-order valence-electron chi connectivity index (χ3n) is 5.16. The SMILES string of the molecule is N[C@H](Cc1ccccc1)C(=O)N1CCC(OC[C@H]2CCCCO2)CC1. The molecule has 2 aliphatic heterocycles. The van der Waals surface area contributed by atoms with Crippen molar-refractivity contribution in [2.75, 3.05) is 26.3 Å². The molecule has 1 aromatic carbocycles. The summed E-state index contributed by atoms with van der Waals surface area (Å²) in [6.07, 6.45) is 6.36. The Hall–Kier alpha value is -1.43. The molecule has 0 bridgehead atoms. The highest BCUT2D eigenvalue weighted by molar-refractivity contribution is 5.82. The first-order valence-electron chi connectivity index (χ1n) is 9.54. The van der Waals surface area contributed by atoms with Gasteiger partial charge in [-0.15, -0.1) is 0 Å². The molecule has 25 heavy (non-hydrogen) atoms. The number of benzene rings is 1. The van der Waals surface area contributed by atoms with Crippen LogP contribution in [0.3, 0.4) is 0 Å². The van der Waals surface area contributed by atoms with Crippen molar-refractivity contribution in [3.63, 3.8) is 0 Å². The molecule has 1 aromatic rings. The lowest BCUT2D eigenvalue weighted by molar-refractivity contribution is -0.136. The van der Waals surface area contributed by atoms with Gasteiger partial charge in [-0.05, 0) is 44.1 Å². The van der Waals surface area contributed by atoms with Crippen LogP contribution in [0.15, 0.2) is 30.3 Å². The lowest BCUT2D eigenvalue weighted by Gasteiger charge is -2.34. The van der Waals surface area contributed by atoms with Gasteiger partial charge in [0, 0.05) is 19.7 Å². The van der Waals surface area contributed by atoms with Crippen LogP contribution in [0, 0.1) is 0 Å². The van der Waals surface area contributed by atoms with Gasteiger partial charge in [-0.3, -0.25) is 4.79 Å². The number of amides is 1. The van der Waals surface area contributed by atoms with Gasteiger partial charge in [0.2, 0.25) is 5.91 Å². The first-order valence-corrected chi connectivity index (χ1v) is 9.54. The first-order chi connectivity index (χ1) is 12.2. The summed E-state index contributed by atoms with van der Waals surface area (Å²) in [5.41, 5.74) is 7.24. The van der Waals surface area contributed by atoms with Crippen LogP contribution >= 0.6 is 0 Å². The van der Waals surface area contributed by atoms with Gasteiger partial charge in [0.05, 0.1) is 24.9 Å². The molecule has 1 amide bonds. The molecule has 2 saturated heterocycles. The predicted molar refractivity (Wildman–Crippen MR) is 97.3 cm³/mol. The van der Waals surface area contributed by atoms with Crippen LogP contribution in [-0.4, -0.2) is 55.4 Å². The van der Waals surface area contributed by atoms with Crippen molar-refractivity contribution in [1.29, 1.82) is 0 Å².